The lowest BCUT2D eigenvalue weighted by Gasteiger charge is -2.14. The van der Waals surface area contributed by atoms with Crippen LogP contribution in [0.1, 0.15) is 51.0 Å². The first-order valence-electron chi connectivity index (χ1n) is 8.26. The molecule has 5 heteroatoms. The molecule has 0 atom stereocenters. The Morgan fingerprint density at radius 3 is 1.96 bits per heavy atom. The minimum atomic E-state index is 0. The van der Waals surface area contributed by atoms with Gasteiger partial charge in [0.05, 0.1) is 21.3 Å². The van der Waals surface area contributed by atoms with Crippen molar-refractivity contribution in [1.29, 1.82) is 0 Å². The second-order valence-electron chi connectivity index (χ2n) is 5.46. The summed E-state index contributed by atoms with van der Waals surface area (Å²) in [5, 5.41) is 3.48. The van der Waals surface area contributed by atoms with Gasteiger partial charge in [0.2, 0.25) is 0 Å². The van der Waals surface area contributed by atoms with Crippen LogP contribution in [0.4, 0.5) is 0 Å². The van der Waals surface area contributed by atoms with E-state index in [9.17, 15) is 0 Å². The Balaban J connectivity index is 0.00000484. The van der Waals surface area contributed by atoms with Crippen LogP contribution in [0.25, 0.3) is 0 Å². The van der Waals surface area contributed by atoms with Gasteiger partial charge in [0.15, 0.2) is 11.5 Å². The normalized spacial score (nSPS) is 10.1. The molecule has 0 saturated heterocycles. The van der Waals surface area contributed by atoms with Gasteiger partial charge in [-0.3, -0.25) is 0 Å². The van der Waals surface area contributed by atoms with E-state index in [-0.39, 0.29) is 12.4 Å². The lowest BCUT2D eigenvalue weighted by molar-refractivity contribution is 0.347. The highest BCUT2D eigenvalue weighted by Gasteiger charge is 2.11. The van der Waals surface area contributed by atoms with Gasteiger partial charge in [0.1, 0.15) is 5.75 Å². The second-order valence-corrected chi connectivity index (χ2v) is 5.46. The first-order chi connectivity index (χ1) is 10.8. The van der Waals surface area contributed by atoms with Crippen LogP contribution in [0.15, 0.2) is 12.1 Å². The standard InChI is InChI=1S/C18H31NO3.ClH/c1-5-6-7-8-9-10-11-19-14-15-12-17(21-3)18(22-4)13-16(15)20-2;/h12-13,19H,5-11,14H2,1-4H3;1H. The Bertz CT molecular complexity index is 427. The number of ether oxygens (including phenoxy) is 3. The van der Waals surface area contributed by atoms with E-state index in [0.717, 1.165) is 30.2 Å². The number of hydrogen-bond acceptors (Lipinski definition) is 4. The number of unbranched alkanes of at least 4 members (excludes halogenated alkanes) is 5. The predicted molar refractivity (Wildman–Crippen MR) is 98.4 cm³/mol. The fourth-order valence-corrected chi connectivity index (χ4v) is 2.48. The van der Waals surface area contributed by atoms with Gasteiger partial charge in [-0.1, -0.05) is 39.0 Å². The van der Waals surface area contributed by atoms with Gasteiger partial charge in [0.25, 0.3) is 0 Å². The molecule has 0 fully saturated rings. The molecule has 0 saturated carbocycles. The molecule has 0 aliphatic heterocycles. The Labute approximate surface area is 147 Å². The van der Waals surface area contributed by atoms with Gasteiger partial charge >= 0.3 is 0 Å². The third kappa shape index (κ3) is 7.80. The summed E-state index contributed by atoms with van der Waals surface area (Å²) < 4.78 is 16.1. The molecular weight excluding hydrogens is 314 g/mol. The van der Waals surface area contributed by atoms with Crippen molar-refractivity contribution in [3.05, 3.63) is 17.7 Å². The van der Waals surface area contributed by atoms with Crippen molar-refractivity contribution in [2.45, 2.75) is 52.0 Å². The molecule has 1 aromatic carbocycles. The third-order valence-corrected chi connectivity index (χ3v) is 3.81. The predicted octanol–water partition coefficient (Wildman–Crippen LogP) is 4.58. The smallest absolute Gasteiger partial charge is 0.164 e. The second kappa shape index (κ2) is 13.3. The zero-order valence-corrected chi connectivity index (χ0v) is 15.8. The van der Waals surface area contributed by atoms with E-state index in [0.29, 0.717) is 5.75 Å². The first-order valence-corrected chi connectivity index (χ1v) is 8.26. The van der Waals surface area contributed by atoms with Crippen LogP contribution >= 0.6 is 12.4 Å². The van der Waals surface area contributed by atoms with Crippen molar-refractivity contribution in [2.75, 3.05) is 27.9 Å². The van der Waals surface area contributed by atoms with E-state index >= 15 is 0 Å². The lowest BCUT2D eigenvalue weighted by atomic mass is 10.1. The average Bonchev–Trinajstić information content (AvgIpc) is 2.56. The summed E-state index contributed by atoms with van der Waals surface area (Å²) in [5.41, 5.74) is 1.09. The van der Waals surface area contributed by atoms with Crippen LogP contribution in [-0.2, 0) is 6.54 Å². The summed E-state index contributed by atoms with van der Waals surface area (Å²) in [5.74, 6) is 2.26. The van der Waals surface area contributed by atoms with Crippen molar-refractivity contribution >= 4 is 12.4 Å². The fraction of sp³-hybridized carbons (Fsp3) is 0.667. The molecule has 1 aromatic rings. The maximum atomic E-state index is 5.43. The largest absolute Gasteiger partial charge is 0.496 e. The number of benzene rings is 1. The third-order valence-electron chi connectivity index (χ3n) is 3.81. The van der Waals surface area contributed by atoms with Crippen molar-refractivity contribution in [1.82, 2.24) is 5.32 Å². The van der Waals surface area contributed by atoms with E-state index in [2.05, 4.69) is 12.2 Å². The molecular formula is C18H32ClNO3. The highest BCUT2D eigenvalue weighted by atomic mass is 35.5. The Hall–Kier alpha value is -1.13. The van der Waals surface area contributed by atoms with Gasteiger partial charge < -0.3 is 19.5 Å². The van der Waals surface area contributed by atoms with E-state index in [1.54, 1.807) is 21.3 Å². The quantitative estimate of drug-likeness (QED) is 0.563. The van der Waals surface area contributed by atoms with Crippen molar-refractivity contribution in [2.24, 2.45) is 0 Å². The van der Waals surface area contributed by atoms with Crippen LogP contribution in [0.2, 0.25) is 0 Å². The molecule has 0 radical (unpaired) electrons. The topological polar surface area (TPSA) is 39.7 Å². The minimum absolute atomic E-state index is 0. The number of nitrogens with one attached hydrogen (secondary N) is 1. The molecule has 0 amide bonds. The average molecular weight is 346 g/mol. The van der Waals surface area contributed by atoms with Gasteiger partial charge in [-0.15, -0.1) is 12.4 Å². The van der Waals surface area contributed by atoms with Gasteiger partial charge in [-0.25, -0.2) is 0 Å². The lowest BCUT2D eigenvalue weighted by Crippen LogP contribution is -2.15. The first kappa shape index (κ1) is 21.9. The summed E-state index contributed by atoms with van der Waals surface area (Å²) >= 11 is 0. The van der Waals surface area contributed by atoms with Gasteiger partial charge in [-0.05, 0) is 19.0 Å². The SMILES string of the molecule is CCCCCCCCNCc1cc(OC)c(OC)cc1OC.Cl. The summed E-state index contributed by atoms with van der Waals surface area (Å²) in [6.45, 7) is 4.06. The zero-order chi connectivity index (χ0) is 16.2. The Kier molecular flexibility index (Phi) is 12.7. The number of rotatable bonds is 12. The molecule has 23 heavy (non-hydrogen) atoms. The molecule has 0 aliphatic rings. The number of hydrogen-bond donors (Lipinski definition) is 1. The van der Waals surface area contributed by atoms with E-state index in [4.69, 9.17) is 14.2 Å². The van der Waals surface area contributed by atoms with Crippen LogP contribution in [0, 0.1) is 0 Å². The molecule has 0 aromatic heterocycles. The maximum absolute atomic E-state index is 5.43. The summed E-state index contributed by atoms with van der Waals surface area (Å²) in [6.07, 6.45) is 7.89. The molecule has 0 aliphatic carbocycles. The molecule has 0 spiro atoms. The summed E-state index contributed by atoms with van der Waals surface area (Å²) in [7, 11) is 4.96. The van der Waals surface area contributed by atoms with Crippen molar-refractivity contribution in [3.63, 3.8) is 0 Å². The van der Waals surface area contributed by atoms with E-state index < -0.39 is 0 Å². The number of methoxy groups -OCH3 is 3. The Morgan fingerprint density at radius 2 is 1.35 bits per heavy atom. The monoisotopic (exact) mass is 345 g/mol. The van der Waals surface area contributed by atoms with E-state index in [1.807, 2.05) is 12.1 Å². The molecule has 134 valence electrons. The van der Waals surface area contributed by atoms with Crippen LogP contribution in [0.3, 0.4) is 0 Å². The molecule has 0 unspecified atom stereocenters. The molecule has 1 rings (SSSR count). The van der Waals surface area contributed by atoms with E-state index in [1.165, 1.54) is 38.5 Å². The zero-order valence-electron chi connectivity index (χ0n) is 14.9. The van der Waals surface area contributed by atoms with Crippen LogP contribution in [-0.4, -0.2) is 27.9 Å². The molecule has 0 bridgehead atoms. The Morgan fingerprint density at radius 1 is 0.783 bits per heavy atom. The molecule has 4 nitrogen and oxygen atoms in total. The maximum Gasteiger partial charge on any atom is 0.164 e. The summed E-state index contributed by atoms with van der Waals surface area (Å²) in [4.78, 5) is 0. The molecule has 0 heterocycles. The fourth-order valence-electron chi connectivity index (χ4n) is 2.48. The minimum Gasteiger partial charge on any atom is -0.496 e. The number of halogens is 1. The molecule has 1 N–H and O–H groups in total. The highest BCUT2D eigenvalue weighted by Crippen LogP contribution is 2.34. The summed E-state index contributed by atoms with van der Waals surface area (Å²) in [6, 6.07) is 3.85. The van der Waals surface area contributed by atoms with Crippen molar-refractivity contribution < 1.29 is 14.2 Å². The highest BCUT2D eigenvalue weighted by molar-refractivity contribution is 5.85. The van der Waals surface area contributed by atoms with Crippen LogP contribution < -0.4 is 19.5 Å². The van der Waals surface area contributed by atoms with Crippen molar-refractivity contribution in [3.8, 4) is 17.2 Å². The van der Waals surface area contributed by atoms with Crippen LogP contribution in [0.5, 0.6) is 17.2 Å². The van der Waals surface area contributed by atoms with Gasteiger partial charge in [-0.2, -0.15) is 0 Å². The van der Waals surface area contributed by atoms with Gasteiger partial charge in [0, 0.05) is 18.2 Å².